The molecule has 0 spiro atoms. The molecule has 5 heteroatoms. The molecule has 0 aliphatic rings. The Hall–Kier alpha value is -3.08. The largest absolute Gasteiger partial charge is 0.508 e. The predicted molar refractivity (Wildman–Crippen MR) is 84.1 cm³/mol. The number of phenols is 1. The number of methoxy groups -OCH3 is 1. The van der Waals surface area contributed by atoms with Gasteiger partial charge >= 0.3 is 0 Å². The number of benzene rings is 2. The van der Waals surface area contributed by atoms with Crippen LogP contribution in [0.25, 0.3) is 27.9 Å². The average molecular weight is 291 g/mol. The summed E-state index contributed by atoms with van der Waals surface area (Å²) in [5.41, 5.74) is 4.21. The predicted octanol–water partition coefficient (Wildman–Crippen LogP) is 3.26. The van der Waals surface area contributed by atoms with Crippen LogP contribution in [0.2, 0.25) is 0 Å². The maximum absolute atomic E-state index is 9.41. The van der Waals surface area contributed by atoms with E-state index < -0.39 is 0 Å². The van der Waals surface area contributed by atoms with Crippen LogP contribution in [-0.4, -0.2) is 26.6 Å². The third-order valence-corrected chi connectivity index (χ3v) is 3.62. The lowest BCUT2D eigenvalue weighted by Crippen LogP contribution is -1.96. The maximum Gasteiger partial charge on any atom is 0.258 e. The Kier molecular flexibility index (Phi) is 2.72. The molecule has 22 heavy (non-hydrogen) atoms. The van der Waals surface area contributed by atoms with Crippen molar-refractivity contribution in [2.45, 2.75) is 0 Å². The molecule has 0 radical (unpaired) electrons. The Labute approximate surface area is 126 Å². The van der Waals surface area contributed by atoms with Crippen molar-refractivity contribution < 1.29 is 9.84 Å². The number of nitrogens with zero attached hydrogens (tertiary/aromatic N) is 3. The molecule has 4 rings (SSSR count). The van der Waals surface area contributed by atoms with Gasteiger partial charge in [0.25, 0.3) is 5.88 Å². The highest BCUT2D eigenvalue weighted by Crippen LogP contribution is 2.27. The van der Waals surface area contributed by atoms with E-state index in [0.717, 1.165) is 22.3 Å². The third-order valence-electron chi connectivity index (χ3n) is 3.62. The Morgan fingerprint density at radius 1 is 1.00 bits per heavy atom. The summed E-state index contributed by atoms with van der Waals surface area (Å²) < 4.78 is 7.35. The minimum absolute atomic E-state index is 0.234. The van der Waals surface area contributed by atoms with Gasteiger partial charge < -0.3 is 9.84 Å². The lowest BCUT2D eigenvalue weighted by molar-refractivity contribution is 0.402. The summed E-state index contributed by atoms with van der Waals surface area (Å²) in [7, 11) is 1.59. The molecule has 0 saturated carbocycles. The quantitative estimate of drug-likeness (QED) is 0.616. The lowest BCUT2D eigenvalue weighted by Gasteiger charge is -2.04. The first-order valence-corrected chi connectivity index (χ1v) is 6.87. The molecule has 108 valence electrons. The molecule has 2 aromatic carbocycles. The number of hydrogen-bond acceptors (Lipinski definition) is 4. The van der Waals surface area contributed by atoms with Gasteiger partial charge in [-0.25, -0.2) is 9.97 Å². The van der Waals surface area contributed by atoms with Crippen molar-refractivity contribution in [2.75, 3.05) is 7.11 Å². The van der Waals surface area contributed by atoms with E-state index >= 15 is 0 Å². The summed E-state index contributed by atoms with van der Waals surface area (Å²) in [6.07, 6.45) is 1.95. The highest BCUT2D eigenvalue weighted by molar-refractivity contribution is 5.81. The van der Waals surface area contributed by atoms with E-state index in [9.17, 15) is 5.11 Å². The lowest BCUT2D eigenvalue weighted by atomic mass is 10.2. The van der Waals surface area contributed by atoms with Crippen LogP contribution in [0, 0.1) is 0 Å². The molecular weight excluding hydrogens is 278 g/mol. The molecule has 4 aromatic rings. The summed E-state index contributed by atoms with van der Waals surface area (Å²) in [5.74, 6) is 0.723. The van der Waals surface area contributed by atoms with Crippen molar-refractivity contribution in [1.82, 2.24) is 14.4 Å². The zero-order valence-electron chi connectivity index (χ0n) is 11.9. The highest BCUT2D eigenvalue weighted by Gasteiger charge is 2.13. The van der Waals surface area contributed by atoms with Gasteiger partial charge in [-0.1, -0.05) is 12.1 Å². The molecule has 0 amide bonds. The van der Waals surface area contributed by atoms with Crippen molar-refractivity contribution in [2.24, 2.45) is 0 Å². The Morgan fingerprint density at radius 2 is 1.77 bits per heavy atom. The van der Waals surface area contributed by atoms with Crippen LogP contribution in [0.5, 0.6) is 11.6 Å². The molecule has 1 N–H and O–H groups in total. The first-order chi connectivity index (χ1) is 10.8. The minimum Gasteiger partial charge on any atom is -0.508 e. The summed E-state index contributed by atoms with van der Waals surface area (Å²) in [6, 6.07) is 14.8. The van der Waals surface area contributed by atoms with Crippen LogP contribution >= 0.6 is 0 Å². The van der Waals surface area contributed by atoms with Crippen LogP contribution in [0.1, 0.15) is 0 Å². The zero-order chi connectivity index (χ0) is 15.1. The van der Waals surface area contributed by atoms with Crippen molar-refractivity contribution in [3.63, 3.8) is 0 Å². The summed E-state index contributed by atoms with van der Waals surface area (Å²) >= 11 is 0. The number of fused-ring (bicyclic) bond motifs is 3. The molecule has 0 unspecified atom stereocenters. The van der Waals surface area contributed by atoms with Crippen molar-refractivity contribution in [3.05, 3.63) is 54.7 Å². The molecule has 0 fully saturated rings. The van der Waals surface area contributed by atoms with E-state index in [1.54, 1.807) is 19.2 Å². The van der Waals surface area contributed by atoms with Crippen molar-refractivity contribution >= 4 is 16.7 Å². The number of aromatic nitrogens is 3. The molecule has 2 aromatic heterocycles. The van der Waals surface area contributed by atoms with E-state index in [4.69, 9.17) is 4.74 Å². The summed E-state index contributed by atoms with van der Waals surface area (Å²) in [6.45, 7) is 0. The summed E-state index contributed by atoms with van der Waals surface area (Å²) in [4.78, 5) is 9.12. The van der Waals surface area contributed by atoms with Gasteiger partial charge in [-0.15, -0.1) is 0 Å². The second kappa shape index (κ2) is 4.73. The van der Waals surface area contributed by atoms with Crippen molar-refractivity contribution in [1.29, 1.82) is 0 Å². The normalized spacial score (nSPS) is 11.1. The Morgan fingerprint density at radius 3 is 2.55 bits per heavy atom. The highest BCUT2D eigenvalue weighted by atomic mass is 16.5. The smallest absolute Gasteiger partial charge is 0.258 e. The van der Waals surface area contributed by atoms with E-state index in [1.165, 1.54) is 0 Å². The van der Waals surface area contributed by atoms with Gasteiger partial charge in [0.1, 0.15) is 5.75 Å². The molecule has 0 saturated heterocycles. The number of hydrogen-bond donors (Lipinski definition) is 1. The fourth-order valence-corrected chi connectivity index (χ4v) is 2.54. The standard InChI is InChI=1S/C17H13N3O2/c1-22-17-16-18-14(11-6-8-12(21)9-7-11)10-20(16)15-5-3-2-4-13(15)19-17/h2-10,21H,1H3. The third kappa shape index (κ3) is 1.87. The van der Waals surface area contributed by atoms with Crippen LogP contribution in [-0.2, 0) is 0 Å². The number of rotatable bonds is 2. The fraction of sp³-hybridized carbons (Fsp3) is 0.0588. The zero-order valence-corrected chi connectivity index (χ0v) is 11.9. The van der Waals surface area contributed by atoms with Crippen LogP contribution < -0.4 is 4.74 Å². The molecule has 2 heterocycles. The number of para-hydroxylation sites is 2. The molecule has 0 bridgehead atoms. The van der Waals surface area contributed by atoms with E-state index in [2.05, 4.69) is 9.97 Å². The second-order valence-corrected chi connectivity index (χ2v) is 4.98. The van der Waals surface area contributed by atoms with Crippen LogP contribution in [0.4, 0.5) is 0 Å². The van der Waals surface area contributed by atoms with E-state index in [1.807, 2.05) is 47.0 Å². The number of imidazole rings is 1. The molecule has 0 atom stereocenters. The molecule has 0 aliphatic carbocycles. The SMILES string of the molecule is COc1nc2ccccc2n2cc(-c3ccc(O)cc3)nc12. The number of ether oxygens (including phenoxy) is 1. The van der Waals surface area contributed by atoms with Crippen LogP contribution in [0.15, 0.2) is 54.7 Å². The monoisotopic (exact) mass is 291 g/mol. The van der Waals surface area contributed by atoms with Gasteiger partial charge in [-0.2, -0.15) is 0 Å². The van der Waals surface area contributed by atoms with Gasteiger partial charge in [-0.3, -0.25) is 4.40 Å². The molecule has 0 aliphatic heterocycles. The minimum atomic E-state index is 0.234. The van der Waals surface area contributed by atoms with Crippen LogP contribution in [0.3, 0.4) is 0 Å². The molecular formula is C17H13N3O2. The second-order valence-electron chi connectivity index (χ2n) is 4.98. The van der Waals surface area contributed by atoms with E-state index in [0.29, 0.717) is 11.5 Å². The van der Waals surface area contributed by atoms with Gasteiger partial charge in [-0.05, 0) is 36.4 Å². The van der Waals surface area contributed by atoms with Gasteiger partial charge in [0.05, 0.1) is 23.8 Å². The maximum atomic E-state index is 9.41. The average Bonchev–Trinajstić information content (AvgIpc) is 3.00. The summed E-state index contributed by atoms with van der Waals surface area (Å²) in [5, 5.41) is 9.41. The Bertz CT molecular complexity index is 974. The van der Waals surface area contributed by atoms with Crippen molar-refractivity contribution in [3.8, 4) is 22.9 Å². The fourth-order valence-electron chi connectivity index (χ4n) is 2.54. The Balaban J connectivity index is 2.03. The first-order valence-electron chi connectivity index (χ1n) is 6.87. The number of aromatic hydroxyl groups is 1. The first kappa shape index (κ1) is 12.6. The topological polar surface area (TPSA) is 59.7 Å². The number of phenolic OH excluding ortho intramolecular Hbond substituents is 1. The molecule has 5 nitrogen and oxygen atoms in total. The van der Waals surface area contributed by atoms with Gasteiger partial charge in [0.15, 0.2) is 0 Å². The van der Waals surface area contributed by atoms with Gasteiger partial charge in [0, 0.05) is 11.8 Å². The van der Waals surface area contributed by atoms with Gasteiger partial charge in [0.2, 0.25) is 5.65 Å². The van der Waals surface area contributed by atoms with E-state index in [-0.39, 0.29) is 5.75 Å².